The number of aromatic nitrogens is 2. The Balaban J connectivity index is 1.89. The summed E-state index contributed by atoms with van der Waals surface area (Å²) in [5.74, 6) is 1.58. The highest BCUT2D eigenvalue weighted by Crippen LogP contribution is 2.38. The number of carbonyl (C=O) groups excluding carboxylic acids is 1. The monoisotopic (exact) mass is 239 g/mol. The van der Waals surface area contributed by atoms with Crippen LogP contribution >= 0.6 is 0 Å². The van der Waals surface area contributed by atoms with Gasteiger partial charge in [0.25, 0.3) is 0 Å². The summed E-state index contributed by atoms with van der Waals surface area (Å²) in [6.07, 6.45) is 2.28. The van der Waals surface area contributed by atoms with E-state index in [0.717, 1.165) is 25.3 Å². The Labute approximate surface area is 99.9 Å². The van der Waals surface area contributed by atoms with E-state index in [0.29, 0.717) is 18.3 Å². The van der Waals surface area contributed by atoms with E-state index in [1.165, 1.54) is 7.11 Å². The molecular formula is C11H17N3O3. The van der Waals surface area contributed by atoms with E-state index in [1.807, 2.05) is 11.8 Å². The van der Waals surface area contributed by atoms with E-state index in [1.54, 1.807) is 0 Å². The molecule has 6 heteroatoms. The van der Waals surface area contributed by atoms with Gasteiger partial charge in [0.15, 0.2) is 5.82 Å². The first kappa shape index (κ1) is 12.0. The third kappa shape index (κ3) is 3.26. The van der Waals surface area contributed by atoms with Crippen LogP contribution in [0.2, 0.25) is 0 Å². The third-order valence-electron chi connectivity index (χ3n) is 2.80. The van der Waals surface area contributed by atoms with Crippen LogP contribution in [0.1, 0.15) is 37.4 Å². The molecule has 17 heavy (non-hydrogen) atoms. The fourth-order valence-corrected chi connectivity index (χ4v) is 1.55. The summed E-state index contributed by atoms with van der Waals surface area (Å²) in [5.41, 5.74) is 0. The first-order chi connectivity index (χ1) is 8.22. The van der Waals surface area contributed by atoms with Crippen molar-refractivity contribution in [3.8, 4) is 0 Å². The van der Waals surface area contributed by atoms with Gasteiger partial charge >= 0.3 is 5.97 Å². The normalized spacial score (nSPS) is 15.2. The summed E-state index contributed by atoms with van der Waals surface area (Å²) < 4.78 is 9.79. The average Bonchev–Trinajstić information content (AvgIpc) is 3.09. The van der Waals surface area contributed by atoms with Crippen LogP contribution in [-0.4, -0.2) is 41.2 Å². The van der Waals surface area contributed by atoms with Crippen LogP contribution in [0.3, 0.4) is 0 Å². The van der Waals surface area contributed by atoms with Gasteiger partial charge in [-0.2, -0.15) is 4.98 Å². The third-order valence-corrected chi connectivity index (χ3v) is 2.80. The van der Waals surface area contributed by atoms with Gasteiger partial charge in [-0.1, -0.05) is 12.1 Å². The van der Waals surface area contributed by atoms with E-state index in [9.17, 15) is 4.79 Å². The van der Waals surface area contributed by atoms with Crippen molar-refractivity contribution >= 4 is 5.97 Å². The summed E-state index contributed by atoms with van der Waals surface area (Å²) in [6, 6.07) is 0. The molecule has 1 saturated carbocycles. The lowest BCUT2D eigenvalue weighted by Gasteiger charge is -2.16. The second kappa shape index (κ2) is 5.27. The highest BCUT2D eigenvalue weighted by atomic mass is 16.5. The molecule has 0 spiro atoms. The number of ether oxygens (including phenoxy) is 1. The van der Waals surface area contributed by atoms with E-state index in [-0.39, 0.29) is 12.5 Å². The largest absolute Gasteiger partial charge is 0.468 e. The smallest absolute Gasteiger partial charge is 0.319 e. The van der Waals surface area contributed by atoms with Crippen molar-refractivity contribution in [3.63, 3.8) is 0 Å². The Hall–Kier alpha value is -1.43. The lowest BCUT2D eigenvalue weighted by Crippen LogP contribution is -2.30. The molecule has 0 radical (unpaired) electrons. The highest BCUT2D eigenvalue weighted by molar-refractivity contribution is 5.71. The second-order valence-corrected chi connectivity index (χ2v) is 4.20. The van der Waals surface area contributed by atoms with E-state index in [4.69, 9.17) is 4.52 Å². The standard InChI is InChI=1S/C11H17N3O3/c1-3-14(7-10(15)16-2)6-9-12-11(17-13-9)8-4-5-8/h8H,3-7H2,1-2H3. The van der Waals surface area contributed by atoms with Crippen LogP contribution in [0.4, 0.5) is 0 Å². The molecule has 1 aromatic rings. The van der Waals surface area contributed by atoms with Gasteiger partial charge in [0.2, 0.25) is 5.89 Å². The Kier molecular flexibility index (Phi) is 3.73. The van der Waals surface area contributed by atoms with Gasteiger partial charge in [-0.3, -0.25) is 9.69 Å². The number of carbonyl (C=O) groups is 1. The molecule has 0 saturated heterocycles. The van der Waals surface area contributed by atoms with Crippen LogP contribution in [0, 0.1) is 0 Å². The van der Waals surface area contributed by atoms with Crippen LogP contribution in [0.15, 0.2) is 4.52 Å². The summed E-state index contributed by atoms with van der Waals surface area (Å²) in [6.45, 7) is 3.48. The van der Waals surface area contributed by atoms with Crippen molar-refractivity contribution < 1.29 is 14.1 Å². The molecule has 1 aliphatic carbocycles. The lowest BCUT2D eigenvalue weighted by molar-refractivity contribution is -0.142. The van der Waals surface area contributed by atoms with Crippen molar-refractivity contribution in [1.82, 2.24) is 15.0 Å². The minimum atomic E-state index is -0.252. The first-order valence-electron chi connectivity index (χ1n) is 5.84. The molecule has 0 aliphatic heterocycles. The summed E-state index contributed by atoms with van der Waals surface area (Å²) in [7, 11) is 1.38. The average molecular weight is 239 g/mol. The van der Waals surface area contributed by atoms with Crippen molar-refractivity contribution in [1.29, 1.82) is 0 Å². The number of hydrogen-bond donors (Lipinski definition) is 0. The van der Waals surface area contributed by atoms with Gasteiger partial charge in [-0.25, -0.2) is 0 Å². The minimum Gasteiger partial charge on any atom is -0.468 e. The number of likely N-dealkylation sites (N-methyl/N-ethyl adjacent to an activating group) is 1. The SMILES string of the molecule is CCN(CC(=O)OC)Cc1noc(C2CC2)n1. The zero-order valence-corrected chi connectivity index (χ0v) is 10.2. The van der Waals surface area contributed by atoms with Crippen molar-refractivity contribution in [2.24, 2.45) is 0 Å². The number of methoxy groups -OCH3 is 1. The van der Waals surface area contributed by atoms with Gasteiger partial charge in [0.1, 0.15) is 0 Å². The molecule has 0 unspecified atom stereocenters. The molecule has 6 nitrogen and oxygen atoms in total. The van der Waals surface area contributed by atoms with Gasteiger partial charge in [0.05, 0.1) is 20.2 Å². The molecule has 1 aromatic heterocycles. The number of hydrogen-bond acceptors (Lipinski definition) is 6. The lowest BCUT2D eigenvalue weighted by atomic mass is 10.4. The van der Waals surface area contributed by atoms with Crippen LogP contribution in [0.25, 0.3) is 0 Å². The molecule has 0 atom stereocenters. The van der Waals surface area contributed by atoms with Crippen LogP contribution in [-0.2, 0) is 16.1 Å². The summed E-state index contributed by atoms with van der Waals surface area (Å²) >= 11 is 0. The highest BCUT2D eigenvalue weighted by Gasteiger charge is 2.29. The van der Waals surface area contributed by atoms with Crippen molar-refractivity contribution in [2.45, 2.75) is 32.2 Å². The van der Waals surface area contributed by atoms with Gasteiger partial charge in [-0.05, 0) is 19.4 Å². The maximum Gasteiger partial charge on any atom is 0.319 e. The minimum absolute atomic E-state index is 0.250. The van der Waals surface area contributed by atoms with E-state index < -0.39 is 0 Å². The Morgan fingerprint density at radius 3 is 2.94 bits per heavy atom. The molecular weight excluding hydrogens is 222 g/mol. The van der Waals surface area contributed by atoms with Gasteiger partial charge < -0.3 is 9.26 Å². The fraction of sp³-hybridized carbons (Fsp3) is 0.727. The van der Waals surface area contributed by atoms with Gasteiger partial charge in [0, 0.05) is 5.92 Å². The molecule has 0 N–H and O–H groups in total. The van der Waals surface area contributed by atoms with Crippen LogP contribution in [0.5, 0.6) is 0 Å². The Morgan fingerprint density at radius 2 is 2.35 bits per heavy atom. The predicted octanol–water partition coefficient (Wildman–Crippen LogP) is 0.942. The Morgan fingerprint density at radius 1 is 1.59 bits per heavy atom. The van der Waals surface area contributed by atoms with Gasteiger partial charge in [-0.15, -0.1) is 0 Å². The predicted molar refractivity (Wildman–Crippen MR) is 59.2 cm³/mol. The molecule has 1 aliphatic rings. The first-order valence-corrected chi connectivity index (χ1v) is 5.84. The number of esters is 1. The maximum absolute atomic E-state index is 11.2. The topological polar surface area (TPSA) is 68.5 Å². The zero-order chi connectivity index (χ0) is 12.3. The van der Waals surface area contributed by atoms with E-state index >= 15 is 0 Å². The maximum atomic E-state index is 11.2. The van der Waals surface area contributed by atoms with Crippen molar-refractivity contribution in [2.75, 3.05) is 20.2 Å². The molecule has 0 amide bonds. The summed E-state index contributed by atoms with van der Waals surface area (Å²) in [5, 5.41) is 3.92. The molecule has 1 fully saturated rings. The Bertz CT molecular complexity index is 387. The van der Waals surface area contributed by atoms with Crippen molar-refractivity contribution in [3.05, 3.63) is 11.7 Å². The fourth-order valence-electron chi connectivity index (χ4n) is 1.55. The summed E-state index contributed by atoms with van der Waals surface area (Å²) in [4.78, 5) is 17.4. The molecule has 0 aromatic carbocycles. The molecule has 2 rings (SSSR count). The quantitative estimate of drug-likeness (QED) is 0.688. The number of nitrogens with zero attached hydrogens (tertiary/aromatic N) is 3. The van der Waals surface area contributed by atoms with E-state index in [2.05, 4.69) is 14.9 Å². The second-order valence-electron chi connectivity index (χ2n) is 4.20. The van der Waals surface area contributed by atoms with Crippen LogP contribution < -0.4 is 0 Å². The molecule has 1 heterocycles. The zero-order valence-electron chi connectivity index (χ0n) is 10.2. The molecule has 0 bridgehead atoms. The number of rotatable bonds is 6. The molecule has 94 valence electrons.